The number of halogens is 2. The number of fused-ring (bicyclic) bond motifs is 1. The average Bonchev–Trinajstić information content (AvgIpc) is 3.74. The number of amides is 2. The van der Waals surface area contributed by atoms with Crippen molar-refractivity contribution in [3.05, 3.63) is 71.3 Å². The molecular formula is C31H34F2N4O6. The van der Waals surface area contributed by atoms with Crippen molar-refractivity contribution in [2.45, 2.75) is 31.5 Å². The highest BCUT2D eigenvalue weighted by atomic mass is 19.3. The lowest BCUT2D eigenvalue weighted by Gasteiger charge is -2.17. The Balaban J connectivity index is 1.20. The first-order valence-corrected chi connectivity index (χ1v) is 14.1. The molecular weight excluding hydrogens is 562 g/mol. The molecule has 1 saturated carbocycles. The first kappa shape index (κ1) is 30.3. The third-order valence-corrected chi connectivity index (χ3v) is 7.28. The Hall–Kier alpha value is -4.13. The van der Waals surface area contributed by atoms with Gasteiger partial charge in [0.15, 0.2) is 11.5 Å². The van der Waals surface area contributed by atoms with E-state index in [4.69, 9.17) is 9.47 Å². The molecule has 1 aliphatic heterocycles. The molecule has 228 valence electrons. The second-order valence-electron chi connectivity index (χ2n) is 10.4. The number of aromatic nitrogens is 1. The zero-order valence-electron chi connectivity index (χ0n) is 24.0. The summed E-state index contributed by atoms with van der Waals surface area (Å²) in [5.41, 5.74) is 2.36. The van der Waals surface area contributed by atoms with Crippen molar-refractivity contribution in [3.63, 3.8) is 0 Å². The fraction of sp³-hybridized carbons (Fsp3) is 0.387. The van der Waals surface area contributed by atoms with Crippen molar-refractivity contribution in [1.29, 1.82) is 0 Å². The molecule has 2 aliphatic rings. The van der Waals surface area contributed by atoms with Gasteiger partial charge in [0.1, 0.15) is 5.82 Å². The Morgan fingerprint density at radius 2 is 1.67 bits per heavy atom. The van der Waals surface area contributed by atoms with Crippen LogP contribution in [-0.2, 0) is 19.7 Å². The zero-order valence-corrected chi connectivity index (χ0v) is 24.0. The van der Waals surface area contributed by atoms with Crippen LogP contribution in [0.15, 0.2) is 54.6 Å². The van der Waals surface area contributed by atoms with E-state index in [1.54, 1.807) is 30.3 Å². The molecule has 0 unspecified atom stereocenters. The molecule has 2 amide bonds. The maximum Gasteiger partial charge on any atom is 0.586 e. The van der Waals surface area contributed by atoms with Gasteiger partial charge in [-0.25, -0.2) is 4.98 Å². The number of alkyl halides is 2. The Labute approximate surface area is 248 Å². The fourth-order valence-corrected chi connectivity index (χ4v) is 4.79. The molecule has 5 rings (SSSR count). The third kappa shape index (κ3) is 7.27. The summed E-state index contributed by atoms with van der Waals surface area (Å²) in [7, 11) is 1.86. The number of likely N-dealkylation sites (N-methyl/N-ethyl adjacent to an activating group) is 1. The molecule has 43 heavy (non-hydrogen) atoms. The van der Waals surface area contributed by atoms with Gasteiger partial charge < -0.3 is 34.9 Å². The largest absolute Gasteiger partial charge is 0.586 e. The molecule has 0 atom stereocenters. The number of ether oxygens (including phenoxy) is 4. The fourth-order valence-electron chi connectivity index (χ4n) is 4.79. The molecule has 2 heterocycles. The van der Waals surface area contributed by atoms with Crippen LogP contribution in [0.2, 0.25) is 0 Å². The average molecular weight is 597 g/mol. The second kappa shape index (κ2) is 13.0. The second-order valence-corrected chi connectivity index (χ2v) is 10.4. The van der Waals surface area contributed by atoms with Crippen LogP contribution in [0, 0.1) is 6.92 Å². The smallest absolute Gasteiger partial charge is 0.395 e. The van der Waals surface area contributed by atoms with Crippen molar-refractivity contribution in [2.24, 2.45) is 0 Å². The maximum absolute atomic E-state index is 13.5. The lowest BCUT2D eigenvalue weighted by atomic mass is 9.94. The number of hydrogen-bond acceptors (Lipinski definition) is 8. The number of rotatable bonds is 14. The van der Waals surface area contributed by atoms with Crippen LogP contribution in [-0.4, -0.2) is 69.7 Å². The number of carbonyl (C=O) groups excluding carboxylic acids is 2. The maximum atomic E-state index is 13.5. The van der Waals surface area contributed by atoms with Gasteiger partial charge in [-0.15, -0.1) is 8.78 Å². The van der Waals surface area contributed by atoms with E-state index in [1.807, 2.05) is 26.1 Å². The van der Waals surface area contributed by atoms with Crippen LogP contribution in [0.1, 0.15) is 34.3 Å². The molecule has 0 spiro atoms. The highest BCUT2D eigenvalue weighted by molar-refractivity contribution is 6.01. The molecule has 0 bridgehead atoms. The molecule has 2 aromatic carbocycles. The van der Waals surface area contributed by atoms with Crippen LogP contribution >= 0.6 is 0 Å². The number of aryl methyl sites for hydroxylation is 1. The molecule has 1 fully saturated rings. The lowest BCUT2D eigenvalue weighted by Crippen LogP contribution is -2.28. The van der Waals surface area contributed by atoms with Crippen LogP contribution in [0.25, 0.3) is 11.3 Å². The number of anilines is 1. The Bertz CT molecular complexity index is 1480. The highest BCUT2D eigenvalue weighted by Gasteiger charge is 2.53. The number of carbonyl (C=O) groups is 2. The minimum Gasteiger partial charge on any atom is -0.395 e. The normalized spacial score (nSPS) is 15.6. The third-order valence-electron chi connectivity index (χ3n) is 7.28. The summed E-state index contributed by atoms with van der Waals surface area (Å²) in [5, 5.41) is 8.73. The summed E-state index contributed by atoms with van der Waals surface area (Å²) < 4.78 is 46.9. The molecule has 10 nitrogen and oxygen atoms in total. The van der Waals surface area contributed by atoms with E-state index >= 15 is 0 Å². The summed E-state index contributed by atoms with van der Waals surface area (Å²) in [4.78, 5) is 30.8. The van der Waals surface area contributed by atoms with Gasteiger partial charge in [-0.2, -0.15) is 0 Å². The van der Waals surface area contributed by atoms with Gasteiger partial charge >= 0.3 is 6.29 Å². The molecule has 0 saturated heterocycles. The van der Waals surface area contributed by atoms with Gasteiger partial charge in [-0.05, 0) is 68.3 Å². The standard InChI is InChI=1S/C31H34F2N4O6/c1-20-6-9-26(37-29(39)30(10-11-30)23-7-8-24-25(19-23)43-31(32,33)42-24)36-27(20)21-4-3-5-22(18-21)28(38)35-13-15-41-17-16-40-14-12-34-2/h3-9,18-19,34H,10-17H2,1-2H3,(H,35,38)(H,36,37,39). The van der Waals surface area contributed by atoms with Crippen molar-refractivity contribution in [3.8, 4) is 22.8 Å². The SMILES string of the molecule is CNCCOCCOCCNC(=O)c1cccc(-c2nc(NC(=O)C3(c4ccc5c(c4)OC(F)(F)O5)CC3)ccc2C)c1. The number of nitrogens with one attached hydrogen (secondary N) is 3. The van der Waals surface area contributed by atoms with E-state index < -0.39 is 11.7 Å². The molecule has 0 radical (unpaired) electrons. The van der Waals surface area contributed by atoms with E-state index in [0.29, 0.717) is 74.0 Å². The summed E-state index contributed by atoms with van der Waals surface area (Å²) in [5.74, 6) is -0.360. The Morgan fingerprint density at radius 3 is 2.42 bits per heavy atom. The van der Waals surface area contributed by atoms with Gasteiger partial charge in [0.25, 0.3) is 5.91 Å². The van der Waals surface area contributed by atoms with Crippen LogP contribution in [0.5, 0.6) is 11.5 Å². The molecule has 3 aromatic rings. The first-order valence-electron chi connectivity index (χ1n) is 14.1. The summed E-state index contributed by atoms with van der Waals surface area (Å²) >= 11 is 0. The summed E-state index contributed by atoms with van der Waals surface area (Å²) in [6, 6.07) is 15.1. The van der Waals surface area contributed by atoms with E-state index in [0.717, 1.165) is 12.1 Å². The topological polar surface area (TPSA) is 120 Å². The quantitative estimate of drug-likeness (QED) is 0.239. The molecule has 3 N–H and O–H groups in total. The predicted octanol–water partition coefficient (Wildman–Crippen LogP) is 4.03. The van der Waals surface area contributed by atoms with Gasteiger partial charge in [0.05, 0.1) is 37.5 Å². The van der Waals surface area contributed by atoms with E-state index in [2.05, 4.69) is 30.4 Å². The van der Waals surface area contributed by atoms with Crippen molar-refractivity contribution >= 4 is 17.6 Å². The molecule has 12 heteroatoms. The van der Waals surface area contributed by atoms with Crippen LogP contribution in [0.4, 0.5) is 14.6 Å². The first-order chi connectivity index (χ1) is 20.7. The van der Waals surface area contributed by atoms with E-state index in [9.17, 15) is 18.4 Å². The monoisotopic (exact) mass is 596 g/mol. The highest BCUT2D eigenvalue weighted by Crippen LogP contribution is 2.52. The van der Waals surface area contributed by atoms with E-state index in [-0.39, 0.29) is 23.3 Å². The van der Waals surface area contributed by atoms with Crippen molar-refractivity contribution < 1.29 is 37.3 Å². The number of hydrogen-bond donors (Lipinski definition) is 3. The van der Waals surface area contributed by atoms with E-state index in [1.165, 1.54) is 12.1 Å². The van der Waals surface area contributed by atoms with Gasteiger partial charge in [0.2, 0.25) is 5.91 Å². The number of nitrogens with zero attached hydrogens (tertiary/aromatic N) is 1. The lowest BCUT2D eigenvalue weighted by molar-refractivity contribution is -0.286. The predicted molar refractivity (Wildman–Crippen MR) is 154 cm³/mol. The van der Waals surface area contributed by atoms with Crippen LogP contribution < -0.4 is 25.4 Å². The molecule has 1 aromatic heterocycles. The van der Waals surface area contributed by atoms with Crippen molar-refractivity contribution in [1.82, 2.24) is 15.6 Å². The minimum atomic E-state index is -3.73. The zero-order chi connectivity index (χ0) is 30.5. The van der Waals surface area contributed by atoms with Gasteiger partial charge in [0, 0.05) is 24.2 Å². The van der Waals surface area contributed by atoms with Crippen LogP contribution in [0.3, 0.4) is 0 Å². The Morgan fingerprint density at radius 1 is 0.930 bits per heavy atom. The number of pyridine rings is 1. The molecule has 1 aliphatic carbocycles. The summed E-state index contributed by atoms with van der Waals surface area (Å²) in [6.07, 6.45) is -2.61. The van der Waals surface area contributed by atoms with Crippen molar-refractivity contribution in [2.75, 3.05) is 51.9 Å². The minimum absolute atomic E-state index is 0.0690. The number of benzene rings is 2. The van der Waals surface area contributed by atoms with Gasteiger partial charge in [-0.3, -0.25) is 9.59 Å². The summed E-state index contributed by atoms with van der Waals surface area (Å²) in [6.45, 7) is 4.94. The van der Waals surface area contributed by atoms with Gasteiger partial charge in [-0.1, -0.05) is 24.3 Å². The Kier molecular flexibility index (Phi) is 9.19.